The first-order valence-corrected chi connectivity index (χ1v) is 4.23. The van der Waals surface area contributed by atoms with Crippen molar-refractivity contribution in [2.45, 2.75) is 25.8 Å². The molecule has 1 aliphatic rings. The van der Waals surface area contributed by atoms with Gasteiger partial charge in [-0.3, -0.25) is 4.90 Å². The monoisotopic (exact) mass is 142 g/mol. The summed E-state index contributed by atoms with van der Waals surface area (Å²) in [5.74, 6) is 0. The van der Waals surface area contributed by atoms with Gasteiger partial charge in [-0.1, -0.05) is 0 Å². The first kappa shape index (κ1) is 8.02. The standard InChI is InChI=1S/C8H18N2/c1-8(7-9-2)10-5-3-4-6-10/h8-9H,3-7H2,1-2H3. The van der Waals surface area contributed by atoms with Crippen molar-refractivity contribution in [3.8, 4) is 0 Å². The Balaban J connectivity index is 2.18. The molecule has 1 aliphatic heterocycles. The number of hydrogen-bond acceptors (Lipinski definition) is 2. The predicted molar refractivity (Wildman–Crippen MR) is 44.2 cm³/mol. The summed E-state index contributed by atoms with van der Waals surface area (Å²) >= 11 is 0. The van der Waals surface area contributed by atoms with Gasteiger partial charge in [0.15, 0.2) is 0 Å². The highest BCUT2D eigenvalue weighted by Crippen LogP contribution is 2.10. The molecular formula is C8H18N2. The third-order valence-electron chi connectivity index (χ3n) is 2.26. The fourth-order valence-electron chi connectivity index (χ4n) is 1.61. The maximum Gasteiger partial charge on any atom is 0.0192 e. The topological polar surface area (TPSA) is 15.3 Å². The zero-order valence-electron chi connectivity index (χ0n) is 7.06. The Morgan fingerprint density at radius 3 is 2.50 bits per heavy atom. The Morgan fingerprint density at radius 2 is 2.00 bits per heavy atom. The van der Waals surface area contributed by atoms with Crippen molar-refractivity contribution in [3.63, 3.8) is 0 Å². The van der Waals surface area contributed by atoms with Crippen LogP contribution in [0.4, 0.5) is 0 Å². The van der Waals surface area contributed by atoms with Crippen LogP contribution in [-0.4, -0.2) is 37.6 Å². The van der Waals surface area contributed by atoms with Crippen molar-refractivity contribution in [1.29, 1.82) is 0 Å². The van der Waals surface area contributed by atoms with E-state index in [-0.39, 0.29) is 0 Å². The number of nitrogens with one attached hydrogen (secondary N) is 1. The van der Waals surface area contributed by atoms with E-state index >= 15 is 0 Å². The van der Waals surface area contributed by atoms with Crippen LogP contribution in [0.1, 0.15) is 19.8 Å². The SMILES string of the molecule is CNCC(C)N1CCCC1. The van der Waals surface area contributed by atoms with Gasteiger partial charge in [-0.15, -0.1) is 0 Å². The van der Waals surface area contributed by atoms with Crippen molar-refractivity contribution in [2.24, 2.45) is 0 Å². The number of rotatable bonds is 3. The number of likely N-dealkylation sites (tertiary alicyclic amines) is 1. The van der Waals surface area contributed by atoms with Crippen molar-refractivity contribution >= 4 is 0 Å². The highest BCUT2D eigenvalue weighted by Gasteiger charge is 2.16. The normalized spacial score (nSPS) is 23.4. The zero-order valence-corrected chi connectivity index (χ0v) is 7.06. The Bertz CT molecular complexity index is 87.3. The lowest BCUT2D eigenvalue weighted by molar-refractivity contribution is 0.255. The number of likely N-dealkylation sites (N-methyl/N-ethyl adjacent to an activating group) is 1. The van der Waals surface area contributed by atoms with Gasteiger partial charge < -0.3 is 5.32 Å². The minimum Gasteiger partial charge on any atom is -0.318 e. The second-order valence-electron chi connectivity index (χ2n) is 3.15. The molecule has 0 saturated carbocycles. The first-order chi connectivity index (χ1) is 4.84. The van der Waals surface area contributed by atoms with Gasteiger partial charge >= 0.3 is 0 Å². The summed E-state index contributed by atoms with van der Waals surface area (Å²) in [4.78, 5) is 2.55. The molecule has 1 unspecified atom stereocenters. The molecule has 2 nitrogen and oxygen atoms in total. The summed E-state index contributed by atoms with van der Waals surface area (Å²) in [6.45, 7) is 6.04. The summed E-state index contributed by atoms with van der Waals surface area (Å²) in [5.41, 5.74) is 0. The van der Waals surface area contributed by atoms with Crippen molar-refractivity contribution in [3.05, 3.63) is 0 Å². The van der Waals surface area contributed by atoms with Gasteiger partial charge in [0, 0.05) is 12.6 Å². The van der Waals surface area contributed by atoms with Gasteiger partial charge in [0.25, 0.3) is 0 Å². The molecule has 0 spiro atoms. The van der Waals surface area contributed by atoms with E-state index in [4.69, 9.17) is 0 Å². The van der Waals surface area contributed by atoms with Gasteiger partial charge in [-0.05, 0) is 39.9 Å². The minimum absolute atomic E-state index is 0.729. The molecule has 1 N–H and O–H groups in total. The molecule has 1 atom stereocenters. The molecule has 1 saturated heterocycles. The lowest BCUT2D eigenvalue weighted by Crippen LogP contribution is -2.37. The average molecular weight is 142 g/mol. The van der Waals surface area contributed by atoms with Crippen LogP contribution in [0.5, 0.6) is 0 Å². The average Bonchev–Trinajstić information content (AvgIpc) is 2.38. The Morgan fingerprint density at radius 1 is 1.40 bits per heavy atom. The molecule has 10 heavy (non-hydrogen) atoms. The van der Waals surface area contributed by atoms with Crippen LogP contribution in [0, 0.1) is 0 Å². The maximum absolute atomic E-state index is 3.20. The van der Waals surface area contributed by atoms with Gasteiger partial charge in [0.1, 0.15) is 0 Å². The number of nitrogens with zero attached hydrogens (tertiary/aromatic N) is 1. The largest absolute Gasteiger partial charge is 0.318 e. The minimum atomic E-state index is 0.729. The lowest BCUT2D eigenvalue weighted by atomic mass is 10.3. The van der Waals surface area contributed by atoms with E-state index in [1.54, 1.807) is 0 Å². The molecular weight excluding hydrogens is 124 g/mol. The second-order valence-corrected chi connectivity index (χ2v) is 3.15. The summed E-state index contributed by atoms with van der Waals surface area (Å²) in [6.07, 6.45) is 2.79. The van der Waals surface area contributed by atoms with Crippen LogP contribution < -0.4 is 5.32 Å². The molecule has 60 valence electrons. The van der Waals surface area contributed by atoms with Crippen molar-refractivity contribution in [2.75, 3.05) is 26.7 Å². The molecule has 0 aliphatic carbocycles. The van der Waals surface area contributed by atoms with Gasteiger partial charge in [0.2, 0.25) is 0 Å². The Hall–Kier alpha value is -0.0800. The quantitative estimate of drug-likeness (QED) is 0.623. The third-order valence-corrected chi connectivity index (χ3v) is 2.26. The van der Waals surface area contributed by atoms with Crippen LogP contribution in [0.3, 0.4) is 0 Å². The summed E-state index contributed by atoms with van der Waals surface area (Å²) in [5, 5.41) is 3.20. The highest BCUT2D eigenvalue weighted by molar-refractivity contribution is 4.73. The molecule has 0 aromatic carbocycles. The van der Waals surface area contributed by atoms with E-state index in [2.05, 4.69) is 17.1 Å². The van der Waals surface area contributed by atoms with E-state index in [0.717, 1.165) is 12.6 Å². The second kappa shape index (κ2) is 3.94. The van der Waals surface area contributed by atoms with E-state index in [9.17, 15) is 0 Å². The molecule has 0 bridgehead atoms. The smallest absolute Gasteiger partial charge is 0.0192 e. The van der Waals surface area contributed by atoms with Gasteiger partial charge in [-0.2, -0.15) is 0 Å². The molecule has 1 heterocycles. The fraction of sp³-hybridized carbons (Fsp3) is 1.00. The van der Waals surface area contributed by atoms with E-state index in [0.29, 0.717) is 0 Å². The Kier molecular flexibility index (Phi) is 3.16. The summed E-state index contributed by atoms with van der Waals surface area (Å²) in [6, 6.07) is 0.729. The predicted octanol–water partition coefficient (Wildman–Crippen LogP) is 0.690. The van der Waals surface area contributed by atoms with Crippen LogP contribution in [0.25, 0.3) is 0 Å². The van der Waals surface area contributed by atoms with E-state index < -0.39 is 0 Å². The summed E-state index contributed by atoms with van der Waals surface area (Å²) in [7, 11) is 2.02. The highest BCUT2D eigenvalue weighted by atomic mass is 15.2. The summed E-state index contributed by atoms with van der Waals surface area (Å²) < 4.78 is 0. The number of hydrogen-bond donors (Lipinski definition) is 1. The molecule has 2 heteroatoms. The fourth-order valence-corrected chi connectivity index (χ4v) is 1.61. The Labute approximate surface area is 63.6 Å². The van der Waals surface area contributed by atoms with Gasteiger partial charge in [0.05, 0.1) is 0 Å². The van der Waals surface area contributed by atoms with Crippen molar-refractivity contribution in [1.82, 2.24) is 10.2 Å². The van der Waals surface area contributed by atoms with Crippen molar-refractivity contribution < 1.29 is 0 Å². The van der Waals surface area contributed by atoms with Crippen LogP contribution in [0.15, 0.2) is 0 Å². The third kappa shape index (κ3) is 1.96. The maximum atomic E-state index is 3.20. The van der Waals surface area contributed by atoms with Crippen LogP contribution in [0.2, 0.25) is 0 Å². The van der Waals surface area contributed by atoms with Crippen LogP contribution >= 0.6 is 0 Å². The molecule has 0 radical (unpaired) electrons. The molecule has 0 amide bonds. The molecule has 0 aromatic rings. The van der Waals surface area contributed by atoms with Gasteiger partial charge in [-0.25, -0.2) is 0 Å². The molecule has 1 rings (SSSR count). The lowest BCUT2D eigenvalue weighted by Gasteiger charge is -2.22. The first-order valence-electron chi connectivity index (χ1n) is 4.23. The van der Waals surface area contributed by atoms with E-state index in [1.165, 1.54) is 25.9 Å². The molecule has 0 aromatic heterocycles. The zero-order chi connectivity index (χ0) is 7.40. The molecule has 1 fully saturated rings. The van der Waals surface area contributed by atoms with Crippen LogP contribution in [-0.2, 0) is 0 Å². The van der Waals surface area contributed by atoms with E-state index in [1.807, 2.05) is 7.05 Å².